The normalized spacial score (nSPS) is 28.0. The third-order valence-electron chi connectivity index (χ3n) is 4.15. The van der Waals surface area contributed by atoms with Crippen LogP contribution in [0.4, 0.5) is 0 Å². The maximum absolute atomic E-state index is 5.63. The summed E-state index contributed by atoms with van der Waals surface area (Å²) in [6.07, 6.45) is 3.32. The molecule has 0 spiro atoms. The van der Waals surface area contributed by atoms with Gasteiger partial charge < -0.3 is 4.74 Å². The first-order valence-corrected chi connectivity index (χ1v) is 6.57. The number of methoxy groups -OCH3 is 1. The summed E-state index contributed by atoms with van der Waals surface area (Å²) in [5, 5.41) is 11.7. The number of nitrogens with zero attached hydrogens (tertiary/aromatic N) is 5. The van der Waals surface area contributed by atoms with Gasteiger partial charge in [0.1, 0.15) is 0 Å². The zero-order valence-electron chi connectivity index (χ0n) is 11.8. The van der Waals surface area contributed by atoms with Gasteiger partial charge in [-0.05, 0) is 50.1 Å². The van der Waals surface area contributed by atoms with Crippen LogP contribution in [0.15, 0.2) is 0 Å². The maximum Gasteiger partial charge on any atom is 0.167 e. The van der Waals surface area contributed by atoms with E-state index in [9.17, 15) is 0 Å². The van der Waals surface area contributed by atoms with E-state index in [4.69, 9.17) is 4.74 Å². The van der Waals surface area contributed by atoms with Crippen molar-refractivity contribution in [3.8, 4) is 0 Å². The molecule has 1 saturated heterocycles. The zero-order chi connectivity index (χ0) is 13.2. The van der Waals surface area contributed by atoms with Crippen molar-refractivity contribution in [1.29, 1.82) is 0 Å². The Balaban J connectivity index is 2.04. The average molecular weight is 253 g/mol. The van der Waals surface area contributed by atoms with Crippen molar-refractivity contribution in [1.82, 2.24) is 25.1 Å². The fraction of sp³-hybridized carbons (Fsp3) is 0.917. The molecular formula is C12H23N5O. The Morgan fingerprint density at radius 1 is 1.33 bits per heavy atom. The molecule has 6 nitrogen and oxygen atoms in total. The van der Waals surface area contributed by atoms with Crippen LogP contribution in [0, 0.1) is 0 Å². The first-order valence-electron chi connectivity index (χ1n) is 6.57. The van der Waals surface area contributed by atoms with Crippen LogP contribution in [0.25, 0.3) is 0 Å². The highest BCUT2D eigenvalue weighted by Gasteiger charge is 2.30. The summed E-state index contributed by atoms with van der Waals surface area (Å²) < 4.78 is 7.38. The minimum atomic E-state index is 0.0204. The molecule has 2 rings (SSSR count). The molecule has 1 aromatic heterocycles. The molecule has 102 valence electrons. The standard InChI is InChI=1S/C12H23N5O/c1-10(11-13-14-15-16(11)3)17-8-5-6-12(2,18-4)7-9-17/h10H,5-9H2,1-4H3. The molecule has 2 unspecified atom stereocenters. The second-order valence-corrected chi connectivity index (χ2v) is 5.38. The van der Waals surface area contributed by atoms with E-state index < -0.39 is 0 Å². The minimum absolute atomic E-state index is 0.0204. The van der Waals surface area contributed by atoms with Gasteiger partial charge in [-0.15, -0.1) is 5.10 Å². The number of aromatic nitrogens is 4. The third kappa shape index (κ3) is 2.70. The van der Waals surface area contributed by atoms with Gasteiger partial charge in [0.15, 0.2) is 5.82 Å². The van der Waals surface area contributed by atoms with Gasteiger partial charge in [0.2, 0.25) is 0 Å². The van der Waals surface area contributed by atoms with Gasteiger partial charge >= 0.3 is 0 Å². The molecule has 0 aromatic carbocycles. The van der Waals surface area contributed by atoms with Gasteiger partial charge in [-0.3, -0.25) is 4.90 Å². The van der Waals surface area contributed by atoms with Crippen LogP contribution in [0.3, 0.4) is 0 Å². The number of tetrazole rings is 1. The van der Waals surface area contributed by atoms with Gasteiger partial charge in [-0.25, -0.2) is 4.68 Å². The average Bonchev–Trinajstić information content (AvgIpc) is 2.68. The summed E-state index contributed by atoms with van der Waals surface area (Å²) >= 11 is 0. The van der Waals surface area contributed by atoms with Gasteiger partial charge in [0, 0.05) is 20.7 Å². The lowest BCUT2D eigenvalue weighted by atomic mass is 9.97. The Morgan fingerprint density at radius 2 is 2.11 bits per heavy atom. The number of likely N-dealkylation sites (tertiary alicyclic amines) is 1. The predicted molar refractivity (Wildman–Crippen MR) is 68.1 cm³/mol. The van der Waals surface area contributed by atoms with E-state index >= 15 is 0 Å². The molecule has 1 aliphatic heterocycles. The van der Waals surface area contributed by atoms with E-state index in [1.807, 2.05) is 14.2 Å². The van der Waals surface area contributed by atoms with E-state index in [1.165, 1.54) is 0 Å². The Labute approximate surface area is 108 Å². The summed E-state index contributed by atoms with van der Waals surface area (Å²) in [7, 11) is 3.70. The molecule has 2 heterocycles. The molecule has 18 heavy (non-hydrogen) atoms. The smallest absolute Gasteiger partial charge is 0.167 e. The Morgan fingerprint density at radius 3 is 2.72 bits per heavy atom. The number of hydrogen-bond acceptors (Lipinski definition) is 5. The molecule has 1 fully saturated rings. The van der Waals surface area contributed by atoms with Gasteiger partial charge in [0.25, 0.3) is 0 Å². The van der Waals surface area contributed by atoms with Crippen LogP contribution in [0.1, 0.15) is 45.0 Å². The van der Waals surface area contributed by atoms with Crippen LogP contribution in [-0.2, 0) is 11.8 Å². The lowest BCUT2D eigenvalue weighted by Crippen LogP contribution is -2.32. The van der Waals surface area contributed by atoms with E-state index in [2.05, 4.69) is 34.3 Å². The maximum atomic E-state index is 5.63. The lowest BCUT2D eigenvalue weighted by Gasteiger charge is -2.28. The van der Waals surface area contributed by atoms with Crippen molar-refractivity contribution in [3.63, 3.8) is 0 Å². The fourth-order valence-electron chi connectivity index (χ4n) is 2.62. The van der Waals surface area contributed by atoms with Gasteiger partial charge in [-0.2, -0.15) is 0 Å². The lowest BCUT2D eigenvalue weighted by molar-refractivity contribution is -0.00653. The summed E-state index contributed by atoms with van der Waals surface area (Å²) in [5.74, 6) is 0.927. The SMILES string of the molecule is COC1(C)CCCN(C(C)c2nnnn2C)CC1. The summed E-state index contributed by atoms with van der Waals surface area (Å²) in [4.78, 5) is 2.44. The summed E-state index contributed by atoms with van der Waals surface area (Å²) in [5.41, 5.74) is 0.0204. The van der Waals surface area contributed by atoms with E-state index in [0.717, 1.165) is 38.2 Å². The van der Waals surface area contributed by atoms with Crippen LogP contribution >= 0.6 is 0 Å². The molecule has 0 amide bonds. The van der Waals surface area contributed by atoms with Gasteiger partial charge in [0.05, 0.1) is 11.6 Å². The van der Waals surface area contributed by atoms with Crippen LogP contribution in [-0.4, -0.2) is 50.9 Å². The highest BCUT2D eigenvalue weighted by atomic mass is 16.5. The highest BCUT2D eigenvalue weighted by Crippen LogP contribution is 2.28. The molecule has 1 aromatic rings. The van der Waals surface area contributed by atoms with E-state index in [-0.39, 0.29) is 11.6 Å². The Hall–Kier alpha value is -1.01. The Bertz CT molecular complexity index is 394. The number of hydrogen-bond donors (Lipinski definition) is 0. The number of rotatable bonds is 3. The molecule has 0 N–H and O–H groups in total. The number of aryl methyl sites for hydroxylation is 1. The zero-order valence-corrected chi connectivity index (χ0v) is 11.8. The quantitative estimate of drug-likeness (QED) is 0.809. The van der Waals surface area contributed by atoms with E-state index in [1.54, 1.807) is 4.68 Å². The minimum Gasteiger partial charge on any atom is -0.378 e. The molecule has 0 bridgehead atoms. The highest BCUT2D eigenvalue weighted by molar-refractivity contribution is 4.92. The summed E-state index contributed by atoms with van der Waals surface area (Å²) in [6, 6.07) is 0.254. The van der Waals surface area contributed by atoms with Crippen LogP contribution in [0.5, 0.6) is 0 Å². The van der Waals surface area contributed by atoms with Crippen molar-refractivity contribution < 1.29 is 4.74 Å². The first kappa shape index (κ1) is 13.4. The van der Waals surface area contributed by atoms with Crippen molar-refractivity contribution in [2.45, 2.75) is 44.8 Å². The first-order chi connectivity index (χ1) is 8.56. The molecule has 2 atom stereocenters. The molecule has 0 aliphatic carbocycles. The Kier molecular flexibility index (Phi) is 3.97. The second-order valence-electron chi connectivity index (χ2n) is 5.38. The predicted octanol–water partition coefficient (Wildman–Crippen LogP) is 1.16. The van der Waals surface area contributed by atoms with Crippen molar-refractivity contribution >= 4 is 0 Å². The summed E-state index contributed by atoms with van der Waals surface area (Å²) in [6.45, 7) is 6.47. The van der Waals surface area contributed by atoms with Crippen LogP contribution < -0.4 is 0 Å². The monoisotopic (exact) mass is 253 g/mol. The molecular weight excluding hydrogens is 230 g/mol. The fourth-order valence-corrected chi connectivity index (χ4v) is 2.62. The van der Waals surface area contributed by atoms with Crippen molar-refractivity contribution in [2.24, 2.45) is 7.05 Å². The molecule has 0 saturated carbocycles. The molecule has 6 heteroatoms. The van der Waals surface area contributed by atoms with Crippen LogP contribution in [0.2, 0.25) is 0 Å². The number of ether oxygens (including phenoxy) is 1. The van der Waals surface area contributed by atoms with Gasteiger partial charge in [-0.1, -0.05) is 0 Å². The van der Waals surface area contributed by atoms with E-state index in [0.29, 0.717) is 0 Å². The molecule has 1 aliphatic rings. The van der Waals surface area contributed by atoms with Crippen molar-refractivity contribution in [3.05, 3.63) is 5.82 Å². The van der Waals surface area contributed by atoms with Crippen molar-refractivity contribution in [2.75, 3.05) is 20.2 Å². The third-order valence-corrected chi connectivity index (χ3v) is 4.15. The second kappa shape index (κ2) is 5.32. The largest absolute Gasteiger partial charge is 0.378 e. The topological polar surface area (TPSA) is 56.1 Å². The molecule has 0 radical (unpaired) electrons.